The van der Waals surface area contributed by atoms with Crippen molar-refractivity contribution in [3.8, 4) is 0 Å². The molecule has 0 aromatic heterocycles. The highest BCUT2D eigenvalue weighted by atomic mass is 32.2. The molecule has 4 heterocycles. The molecule has 0 spiro atoms. The highest BCUT2D eigenvalue weighted by Crippen LogP contribution is 2.52. The zero-order valence-corrected chi connectivity index (χ0v) is 36.6. The van der Waals surface area contributed by atoms with Gasteiger partial charge in [-0.25, -0.2) is 14.9 Å². The molecule has 14 nitrogen and oxygen atoms in total. The quantitative estimate of drug-likeness (QED) is 0.0458. The molecule has 4 N–H and O–H groups in total. The third-order valence-corrected chi connectivity index (χ3v) is 12.8. The van der Waals surface area contributed by atoms with Crippen molar-refractivity contribution in [1.29, 1.82) is 0 Å². The number of amides is 3. The Hall–Kier alpha value is -4.46. The lowest BCUT2D eigenvalue weighted by Gasteiger charge is -2.31. The maximum Gasteiger partial charge on any atom is 0.363 e. The summed E-state index contributed by atoms with van der Waals surface area (Å²) in [6, 6.07) is 12.6. The van der Waals surface area contributed by atoms with Gasteiger partial charge in [-0.2, -0.15) is 0 Å². The summed E-state index contributed by atoms with van der Waals surface area (Å²) in [7, 11) is 3.03. The Balaban J connectivity index is 1.32. The molecule has 17 heteroatoms. The average molecular weight is 877 g/mol. The minimum atomic E-state index is -0.820. The van der Waals surface area contributed by atoms with Crippen LogP contribution < -0.4 is 9.80 Å². The minimum Gasteiger partial charge on any atom is -0.344 e. The summed E-state index contributed by atoms with van der Waals surface area (Å²) in [6.45, 7) is 7.55. The van der Waals surface area contributed by atoms with Crippen molar-refractivity contribution in [2.45, 2.75) is 62.9 Å². The first kappa shape index (κ1) is 45.1. The number of quaternary nitrogens is 1. The Morgan fingerprint density at radius 2 is 1.68 bits per heavy atom. The first-order valence-corrected chi connectivity index (χ1v) is 22.2. The van der Waals surface area contributed by atoms with Gasteiger partial charge >= 0.3 is 5.97 Å². The Morgan fingerprint density at radius 3 is 2.35 bits per heavy atom. The number of imide groups is 1. The van der Waals surface area contributed by atoms with Gasteiger partial charge < -0.3 is 23.4 Å². The van der Waals surface area contributed by atoms with Crippen LogP contribution in [0.5, 0.6) is 0 Å². The van der Waals surface area contributed by atoms with Crippen LogP contribution in [-0.2, 0) is 29.5 Å². The molecule has 318 valence electrons. The van der Waals surface area contributed by atoms with E-state index in [1.807, 2.05) is 73.0 Å². The fourth-order valence-corrected chi connectivity index (χ4v) is 8.83. The summed E-state index contributed by atoms with van der Waals surface area (Å²) < 4.78 is 29.0. The normalized spacial score (nSPS) is 22.7. The zero-order valence-electron chi connectivity index (χ0n) is 34.1. The maximum absolute atomic E-state index is 13.2. The molecule has 3 unspecified atom stereocenters. The van der Waals surface area contributed by atoms with Gasteiger partial charge in [-0.1, -0.05) is 44.2 Å². The number of fused-ring (bicyclic) bond motifs is 2. The molecule has 3 atom stereocenters. The van der Waals surface area contributed by atoms with E-state index in [2.05, 4.69) is 25.7 Å². The van der Waals surface area contributed by atoms with E-state index in [0.29, 0.717) is 58.6 Å². The minimum absolute atomic E-state index is 0.00347. The largest absolute Gasteiger partial charge is 0.363 e. The summed E-state index contributed by atoms with van der Waals surface area (Å²) >= 11 is 2.24. The second-order valence-electron chi connectivity index (χ2n) is 15.3. The van der Waals surface area contributed by atoms with Crippen LogP contribution in [0.1, 0.15) is 67.9 Å². The number of carbonyl (C=O) groups excluding carboxylic acids is 4. The highest BCUT2D eigenvalue weighted by molar-refractivity contribution is 7.94. The monoisotopic (exact) mass is 876 g/mol. The number of rotatable bonds is 17. The molecule has 6 rings (SSSR count). The molecule has 1 saturated heterocycles. The van der Waals surface area contributed by atoms with E-state index in [4.69, 9.17) is 14.7 Å². The third-order valence-electron chi connectivity index (χ3n) is 11.4. The Morgan fingerprint density at radius 1 is 0.983 bits per heavy atom. The van der Waals surface area contributed by atoms with Gasteiger partial charge in [0.25, 0.3) is 17.7 Å². The van der Waals surface area contributed by atoms with E-state index >= 15 is 0 Å². The number of nitrogens with zero attached hydrogens (tertiary/aromatic N) is 4. The number of hydroxylamine groups is 4. The number of benzene rings is 2. The molecule has 0 bridgehead atoms. The molecule has 1 fully saturated rings. The van der Waals surface area contributed by atoms with Crippen molar-refractivity contribution in [2.24, 2.45) is 10.4 Å². The Bertz CT molecular complexity index is 2170. The van der Waals surface area contributed by atoms with Gasteiger partial charge in [0.05, 0.1) is 35.9 Å². The van der Waals surface area contributed by atoms with Gasteiger partial charge in [0.15, 0.2) is 0 Å². The molecule has 0 saturated carbocycles. The smallest absolute Gasteiger partial charge is 0.344 e. The van der Waals surface area contributed by atoms with E-state index in [1.54, 1.807) is 19.2 Å². The molecule has 2 aromatic rings. The lowest BCUT2D eigenvalue weighted by atomic mass is 9.75. The predicted octanol–water partition coefficient (Wildman–Crippen LogP) is 6.32. The number of anilines is 1. The van der Waals surface area contributed by atoms with E-state index < -0.39 is 28.6 Å². The molecule has 4 aliphatic rings. The van der Waals surface area contributed by atoms with Crippen molar-refractivity contribution in [3.05, 3.63) is 119 Å². The van der Waals surface area contributed by atoms with Crippen LogP contribution in [0.15, 0.2) is 112 Å². The number of hydrogen-bond acceptors (Lipinski definition) is 14. The fourth-order valence-electron chi connectivity index (χ4n) is 8.00. The molecule has 0 radical (unpaired) electrons. The number of allylic oxidation sites excluding steroid dienone is 6. The topological polar surface area (TPSA) is 174 Å². The molecule has 0 aliphatic carbocycles. The summed E-state index contributed by atoms with van der Waals surface area (Å²) in [5.74, 6) is -1.09. The average Bonchev–Trinajstić information content (AvgIpc) is 3.80. The highest BCUT2D eigenvalue weighted by Gasteiger charge is 2.47. The molecule has 3 amide bonds. The van der Waals surface area contributed by atoms with Gasteiger partial charge in [0.2, 0.25) is 6.17 Å². The van der Waals surface area contributed by atoms with Crippen LogP contribution in [-0.4, -0.2) is 98.1 Å². The van der Waals surface area contributed by atoms with Crippen LogP contribution >= 0.6 is 36.1 Å². The molecular formula is C43H50N5O9S3+. The van der Waals surface area contributed by atoms with Gasteiger partial charge in [-0.05, 0) is 97.1 Å². The summed E-state index contributed by atoms with van der Waals surface area (Å²) in [5, 5.41) is 1.73. The van der Waals surface area contributed by atoms with Crippen molar-refractivity contribution in [2.75, 3.05) is 43.7 Å². The van der Waals surface area contributed by atoms with Crippen molar-refractivity contribution < 1.29 is 47.4 Å². The van der Waals surface area contributed by atoms with Gasteiger partial charge in [-0.15, -0.1) is 5.06 Å². The lowest BCUT2D eigenvalue weighted by Crippen LogP contribution is -3.12. The number of nitrogens with one attached hydrogen (secondary N) is 1. The second-order valence-corrected chi connectivity index (χ2v) is 17.3. The molecule has 2 aromatic carbocycles. The Labute approximate surface area is 362 Å². The van der Waals surface area contributed by atoms with Gasteiger partial charge in [-0.3, -0.25) is 24.1 Å². The molecular weight excluding hydrogens is 827 g/mol. The van der Waals surface area contributed by atoms with Gasteiger partial charge in [0, 0.05) is 83.7 Å². The second kappa shape index (κ2) is 19.5. The SMILES string of the molecule is CON(C)C(=O)C1=C[NH+](CCCSO)C2N=C(/C=C/C=C/C=C3/N(CCCSO)c4ccc(SO)cc4C3(C)c3ccc(C(=O)ON4C(=O)CCC4=O)cc3)C(C)(C)C2=C1. The van der Waals surface area contributed by atoms with Crippen LogP contribution in [0.25, 0.3) is 0 Å². The van der Waals surface area contributed by atoms with E-state index in [1.165, 1.54) is 12.2 Å². The third kappa shape index (κ3) is 9.09. The van der Waals surface area contributed by atoms with Gasteiger partial charge in [0.1, 0.15) is 6.20 Å². The van der Waals surface area contributed by atoms with Crippen LogP contribution in [0, 0.1) is 5.41 Å². The number of hydrogen-bond donors (Lipinski definition) is 4. The zero-order chi connectivity index (χ0) is 43.2. The first-order chi connectivity index (χ1) is 28.8. The maximum atomic E-state index is 13.2. The van der Waals surface area contributed by atoms with E-state index in [-0.39, 0.29) is 30.5 Å². The standard InChI is InChI=1S/C43H49N5O9S3/c1-42(2)33-25-29(40(51)45(4)56-5)27-46(21-9-23-58-53)39(33)44-35(42)11-7-6-8-12-36-43(3,32-26-31(60-55)17-18-34(32)47(36)22-10-24-59-54)30-15-13-28(14-16-30)41(52)57-48-37(49)19-20-38(48)50/h6-8,11-18,25-27,39,53-55H,9-10,19-24H2,1-5H3/p+1/b8-6+,11-7+,36-12+. The number of carbonyl (C=O) groups is 4. The summed E-state index contributed by atoms with van der Waals surface area (Å²) in [4.78, 5) is 69.7. The summed E-state index contributed by atoms with van der Waals surface area (Å²) in [6.07, 6.45) is 14.9. The first-order valence-electron chi connectivity index (χ1n) is 19.5. The van der Waals surface area contributed by atoms with Crippen molar-refractivity contribution in [3.63, 3.8) is 0 Å². The van der Waals surface area contributed by atoms with Crippen LogP contribution in [0.2, 0.25) is 0 Å². The molecule has 60 heavy (non-hydrogen) atoms. The summed E-state index contributed by atoms with van der Waals surface area (Å²) in [5.41, 5.74) is 4.95. The fraction of sp³-hybridized carbons (Fsp3) is 0.372. The Kier molecular flexibility index (Phi) is 14.7. The van der Waals surface area contributed by atoms with Crippen LogP contribution in [0.4, 0.5) is 5.69 Å². The lowest BCUT2D eigenvalue weighted by molar-refractivity contribution is -0.868. The predicted molar refractivity (Wildman–Crippen MR) is 234 cm³/mol. The van der Waals surface area contributed by atoms with E-state index in [0.717, 1.165) is 69.2 Å². The number of likely N-dealkylation sites (N-methyl/N-ethyl adjacent to an activating group) is 1. The van der Waals surface area contributed by atoms with E-state index in [9.17, 15) is 32.8 Å². The van der Waals surface area contributed by atoms with Crippen molar-refractivity contribution in [1.82, 2.24) is 10.1 Å². The van der Waals surface area contributed by atoms with Crippen molar-refractivity contribution >= 4 is 71.2 Å². The number of aliphatic imine (C=N–C) groups is 1. The molecule has 4 aliphatic heterocycles. The van der Waals surface area contributed by atoms with Crippen LogP contribution in [0.3, 0.4) is 0 Å².